The number of fused-ring (bicyclic) bond motifs is 1. The van der Waals surface area contributed by atoms with Crippen molar-refractivity contribution in [2.45, 2.75) is 38.3 Å². The summed E-state index contributed by atoms with van der Waals surface area (Å²) in [4.78, 5) is 14.1. The maximum absolute atomic E-state index is 11.2. The van der Waals surface area contributed by atoms with Gasteiger partial charge in [0.05, 0.1) is 6.61 Å². The van der Waals surface area contributed by atoms with Crippen LogP contribution in [0.5, 0.6) is 0 Å². The molecule has 16 heavy (non-hydrogen) atoms. The number of hydrogen-bond acceptors (Lipinski definition) is 3. The number of aliphatic hydroxyl groups is 1. The second-order valence-corrected chi connectivity index (χ2v) is 4.45. The highest BCUT2D eigenvalue weighted by molar-refractivity contribution is 5.26. The van der Waals surface area contributed by atoms with Crippen molar-refractivity contribution >= 4 is 0 Å². The Bertz CT molecular complexity index is 414. The summed E-state index contributed by atoms with van der Waals surface area (Å²) < 4.78 is 0. The molecule has 4 heteroatoms. The normalized spacial score (nSPS) is 21.5. The Kier molecular flexibility index (Phi) is 3.41. The van der Waals surface area contributed by atoms with Gasteiger partial charge in [0.15, 0.2) is 0 Å². The van der Waals surface area contributed by atoms with Crippen LogP contribution in [0.1, 0.15) is 37.1 Å². The number of aryl methyl sites for hydroxylation is 1. The lowest BCUT2D eigenvalue weighted by Gasteiger charge is -2.28. The van der Waals surface area contributed by atoms with Gasteiger partial charge in [0.25, 0.3) is 0 Å². The van der Waals surface area contributed by atoms with E-state index in [0.717, 1.165) is 25.0 Å². The Labute approximate surface area is 94.7 Å². The molecule has 0 bridgehead atoms. The first-order chi connectivity index (χ1) is 7.70. The summed E-state index contributed by atoms with van der Waals surface area (Å²) in [7, 11) is 0. The molecule has 0 saturated carbocycles. The highest BCUT2D eigenvalue weighted by atomic mass is 16.3. The van der Waals surface area contributed by atoms with Gasteiger partial charge in [0, 0.05) is 23.8 Å². The van der Waals surface area contributed by atoms with Crippen LogP contribution in [-0.2, 0) is 6.42 Å². The molecule has 0 radical (unpaired) electrons. The highest BCUT2D eigenvalue weighted by Gasteiger charge is 2.21. The van der Waals surface area contributed by atoms with Crippen LogP contribution in [0.3, 0.4) is 0 Å². The van der Waals surface area contributed by atoms with Crippen LogP contribution in [0, 0.1) is 0 Å². The quantitative estimate of drug-likeness (QED) is 0.706. The summed E-state index contributed by atoms with van der Waals surface area (Å²) in [6, 6.07) is 3.81. The molecule has 2 rings (SSSR count). The fourth-order valence-corrected chi connectivity index (χ4v) is 2.27. The summed E-state index contributed by atoms with van der Waals surface area (Å²) in [5, 5.41) is 12.4. The monoisotopic (exact) mass is 222 g/mol. The standard InChI is InChI=1S/C12H18N2O2/c1-8(7-15)13-10-3-2-4-11-9(10)5-6-12(16)14-11/h5-6,8,10,13,15H,2-4,7H2,1H3,(H,14,16)/t8-,10?/m1/s1. The molecule has 2 atom stereocenters. The number of pyridine rings is 1. The minimum Gasteiger partial charge on any atom is -0.395 e. The summed E-state index contributed by atoms with van der Waals surface area (Å²) in [6.07, 6.45) is 3.07. The second-order valence-electron chi connectivity index (χ2n) is 4.45. The molecule has 1 aliphatic carbocycles. The molecule has 1 aromatic rings. The van der Waals surface area contributed by atoms with Gasteiger partial charge >= 0.3 is 0 Å². The second kappa shape index (κ2) is 4.80. The number of rotatable bonds is 3. The van der Waals surface area contributed by atoms with Crippen molar-refractivity contribution in [3.05, 3.63) is 33.7 Å². The molecule has 1 heterocycles. The van der Waals surface area contributed by atoms with Gasteiger partial charge in [-0.25, -0.2) is 0 Å². The van der Waals surface area contributed by atoms with Gasteiger partial charge in [-0.15, -0.1) is 0 Å². The van der Waals surface area contributed by atoms with Gasteiger partial charge in [0.1, 0.15) is 0 Å². The van der Waals surface area contributed by atoms with Crippen LogP contribution >= 0.6 is 0 Å². The number of nitrogens with one attached hydrogen (secondary N) is 2. The molecule has 0 saturated heterocycles. The lowest BCUT2D eigenvalue weighted by atomic mass is 9.91. The first-order valence-electron chi connectivity index (χ1n) is 5.79. The van der Waals surface area contributed by atoms with E-state index in [9.17, 15) is 4.79 Å². The van der Waals surface area contributed by atoms with Crippen LogP contribution in [0.15, 0.2) is 16.9 Å². The third-order valence-electron chi connectivity index (χ3n) is 3.09. The largest absolute Gasteiger partial charge is 0.395 e. The lowest BCUT2D eigenvalue weighted by Crippen LogP contribution is -2.35. The number of aromatic amines is 1. The molecule has 88 valence electrons. The molecular weight excluding hydrogens is 204 g/mol. The highest BCUT2D eigenvalue weighted by Crippen LogP contribution is 2.27. The smallest absolute Gasteiger partial charge is 0.248 e. The van der Waals surface area contributed by atoms with E-state index in [4.69, 9.17) is 5.11 Å². The summed E-state index contributed by atoms with van der Waals surface area (Å²) in [5.74, 6) is 0. The molecule has 0 spiro atoms. The third kappa shape index (κ3) is 2.33. The van der Waals surface area contributed by atoms with Gasteiger partial charge in [-0.05, 0) is 31.7 Å². The van der Waals surface area contributed by atoms with Crippen LogP contribution in [0.2, 0.25) is 0 Å². The van der Waals surface area contributed by atoms with Crippen LogP contribution < -0.4 is 10.9 Å². The first-order valence-corrected chi connectivity index (χ1v) is 5.79. The van der Waals surface area contributed by atoms with Gasteiger partial charge in [-0.2, -0.15) is 0 Å². The Morgan fingerprint density at radius 2 is 2.44 bits per heavy atom. The summed E-state index contributed by atoms with van der Waals surface area (Å²) >= 11 is 0. The maximum Gasteiger partial charge on any atom is 0.248 e. The van der Waals surface area contributed by atoms with Gasteiger partial charge in [0.2, 0.25) is 5.56 Å². The van der Waals surface area contributed by atoms with E-state index < -0.39 is 0 Å². The van der Waals surface area contributed by atoms with Crippen LogP contribution in [-0.4, -0.2) is 22.7 Å². The van der Waals surface area contributed by atoms with Gasteiger partial charge in [-0.3, -0.25) is 4.79 Å². The number of hydrogen-bond donors (Lipinski definition) is 3. The van der Waals surface area contributed by atoms with Crippen molar-refractivity contribution < 1.29 is 5.11 Å². The van der Waals surface area contributed by atoms with Crippen molar-refractivity contribution in [2.24, 2.45) is 0 Å². The van der Waals surface area contributed by atoms with Crippen molar-refractivity contribution in [1.82, 2.24) is 10.3 Å². The van der Waals surface area contributed by atoms with Crippen LogP contribution in [0.4, 0.5) is 0 Å². The predicted molar refractivity (Wildman–Crippen MR) is 62.4 cm³/mol. The van der Waals surface area contributed by atoms with E-state index in [2.05, 4.69) is 10.3 Å². The summed E-state index contributed by atoms with van der Waals surface area (Å²) in [5.41, 5.74) is 2.18. The molecule has 0 aromatic carbocycles. The Morgan fingerprint density at radius 3 is 3.19 bits per heavy atom. The third-order valence-corrected chi connectivity index (χ3v) is 3.09. The molecule has 1 aliphatic rings. The van der Waals surface area contributed by atoms with E-state index in [0.29, 0.717) is 0 Å². The van der Waals surface area contributed by atoms with E-state index >= 15 is 0 Å². The van der Waals surface area contributed by atoms with E-state index in [1.54, 1.807) is 6.07 Å². The van der Waals surface area contributed by atoms with Gasteiger partial charge < -0.3 is 15.4 Å². The minimum atomic E-state index is -0.0328. The zero-order valence-corrected chi connectivity index (χ0v) is 9.49. The minimum absolute atomic E-state index is 0.0328. The number of aromatic nitrogens is 1. The topological polar surface area (TPSA) is 65.1 Å². The molecule has 0 amide bonds. The maximum atomic E-state index is 11.2. The van der Waals surface area contributed by atoms with E-state index in [-0.39, 0.29) is 24.2 Å². The molecule has 0 aliphatic heterocycles. The van der Waals surface area contributed by atoms with Crippen molar-refractivity contribution in [3.8, 4) is 0 Å². The Morgan fingerprint density at radius 1 is 1.62 bits per heavy atom. The number of H-pyrrole nitrogens is 1. The lowest BCUT2D eigenvalue weighted by molar-refractivity contribution is 0.236. The zero-order valence-electron chi connectivity index (χ0n) is 9.49. The van der Waals surface area contributed by atoms with Crippen LogP contribution in [0.25, 0.3) is 0 Å². The molecule has 1 aromatic heterocycles. The molecule has 0 fully saturated rings. The average molecular weight is 222 g/mol. The molecule has 4 nitrogen and oxygen atoms in total. The Hall–Kier alpha value is -1.13. The predicted octanol–water partition coefficient (Wildman–Crippen LogP) is 0.723. The van der Waals surface area contributed by atoms with E-state index in [1.807, 2.05) is 13.0 Å². The fourth-order valence-electron chi connectivity index (χ4n) is 2.27. The first kappa shape index (κ1) is 11.4. The zero-order chi connectivity index (χ0) is 11.5. The molecular formula is C12H18N2O2. The van der Waals surface area contributed by atoms with E-state index in [1.165, 1.54) is 5.56 Å². The SMILES string of the molecule is C[C@H](CO)NC1CCCc2[nH]c(=O)ccc21. The van der Waals surface area contributed by atoms with Crippen molar-refractivity contribution in [1.29, 1.82) is 0 Å². The summed E-state index contributed by atoms with van der Waals surface area (Å²) in [6.45, 7) is 2.09. The molecule has 1 unspecified atom stereocenters. The van der Waals surface area contributed by atoms with Gasteiger partial charge in [-0.1, -0.05) is 6.07 Å². The average Bonchev–Trinajstić information content (AvgIpc) is 2.28. The van der Waals surface area contributed by atoms with Crippen molar-refractivity contribution in [2.75, 3.05) is 6.61 Å². The number of aliphatic hydroxyl groups excluding tert-OH is 1. The fraction of sp³-hybridized carbons (Fsp3) is 0.583. The molecule has 3 N–H and O–H groups in total. The Balaban J connectivity index is 2.23. The van der Waals surface area contributed by atoms with Crippen molar-refractivity contribution in [3.63, 3.8) is 0 Å².